The summed E-state index contributed by atoms with van der Waals surface area (Å²) in [4.78, 5) is 1.02. The minimum atomic E-state index is -0.836. The number of hydrogen-bond acceptors (Lipinski definition) is 2. The van der Waals surface area contributed by atoms with Crippen molar-refractivity contribution in [3.63, 3.8) is 0 Å². The van der Waals surface area contributed by atoms with E-state index in [0.29, 0.717) is 0 Å². The van der Waals surface area contributed by atoms with Crippen LogP contribution in [0.5, 0.6) is 0 Å². The van der Waals surface area contributed by atoms with Crippen molar-refractivity contribution < 1.29 is 5.11 Å². The number of hydrogen-bond donors (Lipinski definition) is 1. The van der Waals surface area contributed by atoms with Crippen LogP contribution in [0, 0.1) is 11.8 Å². The van der Waals surface area contributed by atoms with Crippen LogP contribution in [0.15, 0.2) is 17.5 Å². The average molecular weight is 236 g/mol. The van der Waals surface area contributed by atoms with Gasteiger partial charge in [-0.1, -0.05) is 44.1 Å². The third kappa shape index (κ3) is 5.34. The SMILES string of the molecule is CCCCCCC(C)(O)C#Cc1cccs1. The van der Waals surface area contributed by atoms with E-state index in [-0.39, 0.29) is 0 Å². The van der Waals surface area contributed by atoms with Gasteiger partial charge in [0.25, 0.3) is 0 Å². The second-order valence-corrected chi connectivity index (χ2v) is 5.26. The van der Waals surface area contributed by atoms with Gasteiger partial charge in [-0.3, -0.25) is 0 Å². The molecule has 2 heteroatoms. The zero-order valence-electron chi connectivity index (χ0n) is 10.1. The molecule has 0 spiro atoms. The predicted molar refractivity (Wildman–Crippen MR) is 70.6 cm³/mol. The normalized spacial score (nSPS) is 13.9. The summed E-state index contributed by atoms with van der Waals surface area (Å²) in [5.41, 5.74) is -0.836. The molecule has 88 valence electrons. The first-order valence-electron chi connectivity index (χ1n) is 5.93. The first kappa shape index (κ1) is 13.3. The van der Waals surface area contributed by atoms with Crippen LogP contribution in [-0.4, -0.2) is 10.7 Å². The minimum Gasteiger partial charge on any atom is -0.378 e. The fourth-order valence-corrected chi connectivity index (χ4v) is 2.08. The molecule has 1 aromatic rings. The molecular formula is C14H20OS. The molecule has 0 aromatic carbocycles. The molecule has 0 aliphatic rings. The second kappa shape index (κ2) is 6.73. The molecule has 1 atom stereocenters. The van der Waals surface area contributed by atoms with Gasteiger partial charge in [-0.2, -0.15) is 0 Å². The molecule has 1 nitrogen and oxygen atoms in total. The third-order valence-corrected chi connectivity index (χ3v) is 3.28. The Morgan fingerprint density at radius 1 is 1.38 bits per heavy atom. The first-order chi connectivity index (χ1) is 7.64. The molecular weight excluding hydrogens is 216 g/mol. The number of aliphatic hydroxyl groups is 1. The van der Waals surface area contributed by atoms with E-state index in [9.17, 15) is 5.11 Å². The van der Waals surface area contributed by atoms with E-state index in [4.69, 9.17) is 0 Å². The summed E-state index contributed by atoms with van der Waals surface area (Å²) in [5.74, 6) is 5.98. The monoisotopic (exact) mass is 236 g/mol. The number of unbranched alkanes of at least 4 members (excludes halogenated alkanes) is 3. The van der Waals surface area contributed by atoms with Crippen molar-refractivity contribution in [3.8, 4) is 11.8 Å². The van der Waals surface area contributed by atoms with Crippen LogP contribution in [0.1, 0.15) is 50.8 Å². The Balaban J connectivity index is 2.38. The molecule has 0 aliphatic carbocycles. The van der Waals surface area contributed by atoms with Crippen LogP contribution in [0.2, 0.25) is 0 Å². The molecule has 0 aliphatic heterocycles. The Labute approximate surface area is 103 Å². The van der Waals surface area contributed by atoms with Crippen molar-refractivity contribution >= 4 is 11.3 Å². The van der Waals surface area contributed by atoms with Crippen molar-refractivity contribution in [1.82, 2.24) is 0 Å². The van der Waals surface area contributed by atoms with E-state index in [1.54, 1.807) is 18.3 Å². The smallest absolute Gasteiger partial charge is 0.123 e. The summed E-state index contributed by atoms with van der Waals surface area (Å²) < 4.78 is 0. The van der Waals surface area contributed by atoms with Gasteiger partial charge >= 0.3 is 0 Å². The molecule has 0 radical (unpaired) electrons. The maximum atomic E-state index is 10.0. The van der Waals surface area contributed by atoms with Gasteiger partial charge in [-0.15, -0.1) is 11.3 Å². The summed E-state index contributed by atoms with van der Waals surface area (Å²) in [6.45, 7) is 3.99. The summed E-state index contributed by atoms with van der Waals surface area (Å²) in [6.07, 6.45) is 5.48. The predicted octanol–water partition coefficient (Wildman–Crippen LogP) is 3.82. The Morgan fingerprint density at radius 2 is 2.19 bits per heavy atom. The Kier molecular flexibility index (Phi) is 5.59. The molecule has 0 saturated carbocycles. The van der Waals surface area contributed by atoms with Gasteiger partial charge in [-0.05, 0) is 31.2 Å². The molecule has 1 N–H and O–H groups in total. The van der Waals surface area contributed by atoms with Gasteiger partial charge in [0.1, 0.15) is 5.60 Å². The van der Waals surface area contributed by atoms with Crippen LogP contribution in [0.4, 0.5) is 0 Å². The van der Waals surface area contributed by atoms with Gasteiger partial charge in [0.2, 0.25) is 0 Å². The fourth-order valence-electron chi connectivity index (χ4n) is 1.50. The molecule has 1 unspecified atom stereocenters. The maximum absolute atomic E-state index is 10.0. The van der Waals surface area contributed by atoms with Crippen LogP contribution in [0.25, 0.3) is 0 Å². The highest BCUT2D eigenvalue weighted by Crippen LogP contribution is 2.15. The van der Waals surface area contributed by atoms with Crippen LogP contribution in [0.3, 0.4) is 0 Å². The third-order valence-electron chi connectivity index (χ3n) is 2.49. The van der Waals surface area contributed by atoms with Crippen molar-refractivity contribution in [1.29, 1.82) is 0 Å². The summed E-state index contributed by atoms with van der Waals surface area (Å²) in [5, 5.41) is 12.0. The van der Waals surface area contributed by atoms with Crippen LogP contribution < -0.4 is 0 Å². The van der Waals surface area contributed by atoms with Crippen molar-refractivity contribution in [2.75, 3.05) is 0 Å². The van der Waals surface area contributed by atoms with Crippen molar-refractivity contribution in [2.24, 2.45) is 0 Å². The van der Waals surface area contributed by atoms with Gasteiger partial charge in [0.15, 0.2) is 0 Å². The molecule has 0 saturated heterocycles. The molecule has 1 rings (SSSR count). The molecule has 0 fully saturated rings. The molecule has 1 heterocycles. The van der Waals surface area contributed by atoms with Crippen LogP contribution in [-0.2, 0) is 0 Å². The van der Waals surface area contributed by atoms with Crippen LogP contribution >= 0.6 is 11.3 Å². The highest BCUT2D eigenvalue weighted by molar-refractivity contribution is 7.10. The zero-order chi connectivity index (χ0) is 11.9. The number of thiophene rings is 1. The second-order valence-electron chi connectivity index (χ2n) is 4.31. The van der Waals surface area contributed by atoms with E-state index < -0.39 is 5.60 Å². The van der Waals surface area contributed by atoms with E-state index in [0.717, 1.165) is 17.7 Å². The zero-order valence-corrected chi connectivity index (χ0v) is 10.9. The quantitative estimate of drug-likeness (QED) is 0.608. The lowest BCUT2D eigenvalue weighted by Crippen LogP contribution is -2.21. The molecule has 0 amide bonds. The highest BCUT2D eigenvalue weighted by atomic mass is 32.1. The minimum absolute atomic E-state index is 0.769. The van der Waals surface area contributed by atoms with E-state index in [2.05, 4.69) is 18.8 Å². The topological polar surface area (TPSA) is 20.2 Å². The molecule has 1 aromatic heterocycles. The van der Waals surface area contributed by atoms with Gasteiger partial charge < -0.3 is 5.11 Å². The highest BCUT2D eigenvalue weighted by Gasteiger charge is 2.15. The van der Waals surface area contributed by atoms with Gasteiger partial charge in [0, 0.05) is 0 Å². The summed E-state index contributed by atoms with van der Waals surface area (Å²) in [7, 11) is 0. The van der Waals surface area contributed by atoms with E-state index in [1.807, 2.05) is 17.5 Å². The summed E-state index contributed by atoms with van der Waals surface area (Å²) in [6, 6.07) is 3.95. The van der Waals surface area contributed by atoms with Gasteiger partial charge in [0.05, 0.1) is 4.88 Å². The van der Waals surface area contributed by atoms with E-state index in [1.165, 1.54) is 19.3 Å². The van der Waals surface area contributed by atoms with Crippen molar-refractivity contribution in [2.45, 2.75) is 51.6 Å². The largest absolute Gasteiger partial charge is 0.378 e. The number of rotatable bonds is 5. The molecule has 16 heavy (non-hydrogen) atoms. The first-order valence-corrected chi connectivity index (χ1v) is 6.81. The van der Waals surface area contributed by atoms with E-state index >= 15 is 0 Å². The standard InChI is InChI=1S/C14H20OS/c1-3-4-5-6-10-14(2,15)11-9-13-8-7-12-16-13/h7-8,12,15H,3-6,10H2,1-2H3. The molecule has 0 bridgehead atoms. The lowest BCUT2D eigenvalue weighted by Gasteiger charge is -2.15. The average Bonchev–Trinajstić information content (AvgIpc) is 2.75. The lowest BCUT2D eigenvalue weighted by molar-refractivity contribution is 0.109. The van der Waals surface area contributed by atoms with Gasteiger partial charge in [-0.25, -0.2) is 0 Å². The lowest BCUT2D eigenvalue weighted by atomic mass is 9.98. The maximum Gasteiger partial charge on any atom is 0.123 e. The summed E-state index contributed by atoms with van der Waals surface area (Å²) >= 11 is 1.61. The Hall–Kier alpha value is -0.780. The Morgan fingerprint density at radius 3 is 2.81 bits per heavy atom. The van der Waals surface area contributed by atoms with Crippen molar-refractivity contribution in [3.05, 3.63) is 22.4 Å². The Bertz CT molecular complexity index is 341. The fraction of sp³-hybridized carbons (Fsp3) is 0.571.